The van der Waals surface area contributed by atoms with Crippen LogP contribution < -0.4 is 10.6 Å². The Kier molecular flexibility index (Phi) is 6.09. The van der Waals surface area contributed by atoms with E-state index in [9.17, 15) is 21.6 Å². The van der Waals surface area contributed by atoms with Crippen LogP contribution in [0, 0.1) is 0 Å². The number of nitrogens with one attached hydrogen (secondary N) is 2. The van der Waals surface area contributed by atoms with Crippen LogP contribution in [0.1, 0.15) is 12.6 Å². The van der Waals surface area contributed by atoms with Crippen molar-refractivity contribution in [2.45, 2.75) is 28.2 Å². The molecule has 2 aliphatic rings. The predicted octanol–water partition coefficient (Wildman–Crippen LogP) is 2.12. The third-order valence-corrected chi connectivity index (χ3v) is 8.74. The van der Waals surface area contributed by atoms with Gasteiger partial charge >= 0.3 is 6.03 Å². The molecule has 0 unspecified atom stereocenters. The van der Waals surface area contributed by atoms with Gasteiger partial charge in [0.25, 0.3) is 0 Å². The van der Waals surface area contributed by atoms with Crippen molar-refractivity contribution in [3.8, 4) is 0 Å². The highest BCUT2D eigenvalue weighted by Gasteiger charge is 2.23. The normalized spacial score (nSPS) is 15.4. The summed E-state index contributed by atoms with van der Waals surface area (Å²) in [7, 11) is -7.49. The molecule has 1 aromatic carbocycles. The van der Waals surface area contributed by atoms with Gasteiger partial charge in [0.1, 0.15) is 0 Å². The number of carbonyl (C=O) groups excluding carboxylic acids is 1. The van der Waals surface area contributed by atoms with Gasteiger partial charge in [0.15, 0.2) is 9.84 Å². The molecule has 4 rings (SSSR count). The van der Waals surface area contributed by atoms with Gasteiger partial charge < -0.3 is 10.6 Å². The van der Waals surface area contributed by atoms with Crippen LogP contribution in [0.25, 0.3) is 0 Å². The van der Waals surface area contributed by atoms with Crippen molar-refractivity contribution in [1.29, 1.82) is 0 Å². The highest BCUT2D eigenvalue weighted by molar-refractivity contribution is 7.92. The first kappa shape index (κ1) is 22.7. The number of fused-ring (bicyclic) bond motifs is 1. The Balaban J connectivity index is 1.44. The fourth-order valence-corrected chi connectivity index (χ4v) is 5.60. The van der Waals surface area contributed by atoms with Crippen molar-refractivity contribution in [1.82, 2.24) is 20.5 Å². The Hall–Kier alpha value is -3.44. The zero-order valence-corrected chi connectivity index (χ0v) is 19.4. The Morgan fingerprint density at radius 2 is 1.91 bits per heavy atom. The third-order valence-electron chi connectivity index (χ3n) is 5.27. The summed E-state index contributed by atoms with van der Waals surface area (Å²) in [5.41, 5.74) is 2.46. The van der Waals surface area contributed by atoms with E-state index in [0.29, 0.717) is 12.2 Å². The van der Waals surface area contributed by atoms with E-state index in [1.165, 1.54) is 43.5 Å². The molecule has 2 aromatic rings. The number of hydrogen-bond acceptors (Lipinski definition) is 7. The number of nitrogens with zero attached hydrogens (tertiary/aromatic N) is 2. The van der Waals surface area contributed by atoms with Gasteiger partial charge in [-0.1, -0.05) is 13.0 Å². The third kappa shape index (κ3) is 4.69. The van der Waals surface area contributed by atoms with Crippen molar-refractivity contribution in [3.05, 3.63) is 84.1 Å². The van der Waals surface area contributed by atoms with Crippen LogP contribution in [-0.2, 0) is 26.2 Å². The van der Waals surface area contributed by atoms with Crippen LogP contribution in [0.5, 0.6) is 0 Å². The number of carbonyl (C=O) groups is 1. The quantitative estimate of drug-likeness (QED) is 0.641. The molecule has 11 heteroatoms. The summed E-state index contributed by atoms with van der Waals surface area (Å²) in [4.78, 5) is 17.9. The minimum absolute atomic E-state index is 0.0443. The Labute approximate surface area is 192 Å². The highest BCUT2D eigenvalue weighted by atomic mass is 32.2. The Bertz CT molecular complexity index is 1390. The lowest BCUT2D eigenvalue weighted by Crippen LogP contribution is -2.35. The molecule has 0 radical (unpaired) electrons. The number of allylic oxidation sites excluding steroid dienone is 1. The summed E-state index contributed by atoms with van der Waals surface area (Å²) in [5, 5.41) is 5.75. The van der Waals surface area contributed by atoms with Crippen molar-refractivity contribution >= 4 is 25.7 Å². The summed E-state index contributed by atoms with van der Waals surface area (Å²) in [6.45, 7) is 2.07. The number of dihydropyridines is 1. The molecule has 0 spiro atoms. The zero-order valence-electron chi connectivity index (χ0n) is 17.7. The van der Waals surface area contributed by atoms with E-state index in [1.54, 1.807) is 17.3 Å². The number of urea groups is 1. The van der Waals surface area contributed by atoms with Gasteiger partial charge in [-0.05, 0) is 47.6 Å². The molecular formula is C22H22N4O5S2. The molecule has 0 bridgehead atoms. The number of amides is 2. The van der Waals surface area contributed by atoms with Crippen LogP contribution in [-0.4, -0.2) is 45.0 Å². The molecule has 3 heterocycles. The predicted molar refractivity (Wildman–Crippen MR) is 121 cm³/mol. The number of aromatic nitrogens is 1. The Morgan fingerprint density at radius 3 is 2.61 bits per heavy atom. The molecule has 1 aromatic heterocycles. The Morgan fingerprint density at radius 1 is 1.12 bits per heavy atom. The van der Waals surface area contributed by atoms with Crippen molar-refractivity contribution in [2.75, 3.05) is 12.3 Å². The van der Waals surface area contributed by atoms with E-state index < -0.39 is 19.7 Å². The van der Waals surface area contributed by atoms with Gasteiger partial charge in [-0.25, -0.2) is 21.6 Å². The standard InChI is InChI=1S/C22H22N4O5S2/c1-2-32(28,29)19-4-3-5-20(10-19)33(30,31)21-7-6-18(24-13-21)12-25-22(27)26-14-16-8-9-23-11-17(16)15-26/h3-11,13-14,23H,2,12,15H2,1H3,(H,25,27). The van der Waals surface area contributed by atoms with Crippen molar-refractivity contribution < 1.29 is 21.6 Å². The van der Waals surface area contributed by atoms with Gasteiger partial charge in [0.05, 0.1) is 39.2 Å². The summed E-state index contributed by atoms with van der Waals surface area (Å²) in [6.07, 6.45) is 8.47. The number of sulfone groups is 2. The van der Waals surface area contributed by atoms with Crippen LogP contribution in [0.2, 0.25) is 0 Å². The zero-order chi connectivity index (χ0) is 23.6. The lowest BCUT2D eigenvalue weighted by molar-refractivity contribution is 0.219. The molecule has 9 nitrogen and oxygen atoms in total. The number of pyridine rings is 1. The molecule has 0 fully saturated rings. The fraction of sp³-hybridized carbons (Fsp3) is 0.182. The summed E-state index contributed by atoms with van der Waals surface area (Å²) in [6, 6.07) is 7.88. The van der Waals surface area contributed by atoms with E-state index in [4.69, 9.17) is 0 Å². The van der Waals surface area contributed by atoms with Gasteiger partial charge in [-0.15, -0.1) is 0 Å². The second-order valence-electron chi connectivity index (χ2n) is 7.41. The first-order chi connectivity index (χ1) is 15.7. The average molecular weight is 487 g/mol. The second-order valence-corrected chi connectivity index (χ2v) is 11.6. The van der Waals surface area contributed by atoms with Crippen LogP contribution in [0.15, 0.2) is 93.1 Å². The van der Waals surface area contributed by atoms with E-state index in [1.807, 2.05) is 12.3 Å². The molecule has 0 saturated heterocycles. The maximum atomic E-state index is 12.9. The smallest absolute Gasteiger partial charge is 0.322 e. The minimum Gasteiger partial charge on any atom is -0.367 e. The second kappa shape index (κ2) is 8.83. The molecule has 0 aliphatic carbocycles. The van der Waals surface area contributed by atoms with Crippen LogP contribution in [0.4, 0.5) is 4.79 Å². The maximum absolute atomic E-state index is 12.9. The molecule has 2 amide bonds. The molecule has 33 heavy (non-hydrogen) atoms. The maximum Gasteiger partial charge on any atom is 0.322 e. The van der Waals surface area contributed by atoms with Crippen LogP contribution >= 0.6 is 0 Å². The summed E-state index contributed by atoms with van der Waals surface area (Å²) >= 11 is 0. The van der Waals surface area contributed by atoms with E-state index in [2.05, 4.69) is 15.6 Å². The molecule has 0 atom stereocenters. The number of hydrogen-bond donors (Lipinski definition) is 2. The topological polar surface area (TPSA) is 126 Å². The monoisotopic (exact) mass is 486 g/mol. The number of benzene rings is 1. The highest BCUT2D eigenvalue weighted by Crippen LogP contribution is 2.24. The molecule has 2 aliphatic heterocycles. The SMILES string of the molecule is CCS(=O)(=O)c1cccc(S(=O)(=O)c2ccc(CNC(=O)N3C=C4C=CNC=C4C3)nc2)c1. The molecule has 172 valence electrons. The molecular weight excluding hydrogens is 464 g/mol. The molecule has 2 N–H and O–H groups in total. The van der Waals surface area contributed by atoms with Crippen molar-refractivity contribution in [3.63, 3.8) is 0 Å². The van der Waals surface area contributed by atoms with Crippen molar-refractivity contribution in [2.24, 2.45) is 0 Å². The van der Waals surface area contributed by atoms with E-state index >= 15 is 0 Å². The lowest BCUT2D eigenvalue weighted by atomic mass is 10.1. The minimum atomic E-state index is -3.95. The van der Waals surface area contributed by atoms with Gasteiger partial charge in [0, 0.05) is 24.8 Å². The first-order valence-corrected chi connectivity index (χ1v) is 13.3. The van der Waals surface area contributed by atoms with E-state index in [0.717, 1.165) is 17.2 Å². The summed E-state index contributed by atoms with van der Waals surface area (Å²) in [5.74, 6) is -0.127. The fourth-order valence-electron chi connectivity index (χ4n) is 3.35. The number of rotatable bonds is 6. The summed E-state index contributed by atoms with van der Waals surface area (Å²) < 4.78 is 50.1. The van der Waals surface area contributed by atoms with E-state index in [-0.39, 0.29) is 33.0 Å². The van der Waals surface area contributed by atoms with Gasteiger partial charge in [-0.3, -0.25) is 9.88 Å². The van der Waals surface area contributed by atoms with Gasteiger partial charge in [-0.2, -0.15) is 0 Å². The lowest BCUT2D eigenvalue weighted by Gasteiger charge is -2.14. The van der Waals surface area contributed by atoms with Crippen LogP contribution in [0.3, 0.4) is 0 Å². The first-order valence-electron chi connectivity index (χ1n) is 10.1. The average Bonchev–Trinajstić information content (AvgIpc) is 3.27. The molecule has 0 saturated carbocycles. The largest absolute Gasteiger partial charge is 0.367 e. The van der Waals surface area contributed by atoms with Gasteiger partial charge in [0.2, 0.25) is 9.84 Å².